The molecule has 0 spiro atoms. The summed E-state index contributed by atoms with van der Waals surface area (Å²) in [6.45, 7) is 1.04. The quantitative estimate of drug-likeness (QED) is 0.463. The molecule has 0 aliphatic carbocycles. The van der Waals surface area contributed by atoms with Crippen LogP contribution in [0.25, 0.3) is 0 Å². The van der Waals surface area contributed by atoms with Gasteiger partial charge in [0.05, 0.1) is 9.90 Å². The highest BCUT2D eigenvalue weighted by Gasteiger charge is 2.34. The Kier molecular flexibility index (Phi) is 6.72. The van der Waals surface area contributed by atoms with Crippen molar-refractivity contribution in [2.24, 2.45) is 0 Å². The summed E-state index contributed by atoms with van der Waals surface area (Å²) in [7, 11) is -1.85. The monoisotopic (exact) mass is 408 g/mol. The predicted molar refractivity (Wildman–Crippen MR) is 95.6 cm³/mol. The Hall–Kier alpha value is -1.04. The van der Waals surface area contributed by atoms with Crippen molar-refractivity contribution in [2.75, 3.05) is 20.4 Å². The van der Waals surface area contributed by atoms with Gasteiger partial charge in [-0.2, -0.15) is 0 Å². The number of esters is 1. The maximum Gasteiger partial charge on any atom is 0.345 e. The van der Waals surface area contributed by atoms with Crippen molar-refractivity contribution < 1.29 is 23.4 Å². The Morgan fingerprint density at radius 1 is 1.33 bits per heavy atom. The number of carbonyl (C=O) groups is 1. The fraction of sp³-hybridized carbons (Fsp3) is 0.267. The molecule has 0 fully saturated rings. The Labute approximate surface area is 153 Å². The molecule has 0 radical (unpaired) electrons. The molecule has 1 aromatic heterocycles. The number of thiophene rings is 1. The van der Waals surface area contributed by atoms with Crippen LogP contribution in [0.15, 0.2) is 35.7 Å². The van der Waals surface area contributed by atoms with Crippen molar-refractivity contribution >= 4 is 47.9 Å². The van der Waals surface area contributed by atoms with Gasteiger partial charge < -0.3 is 14.0 Å². The number of ether oxygens (including phenoxy) is 2. The minimum atomic E-state index is -3.17. The average Bonchev–Trinajstić information content (AvgIpc) is 3.05. The molecule has 1 aromatic carbocycles. The maximum absolute atomic E-state index is 12.5. The summed E-state index contributed by atoms with van der Waals surface area (Å²) in [4.78, 5) is 12.7. The molecule has 5 nitrogen and oxygen atoms in total. The van der Waals surface area contributed by atoms with Gasteiger partial charge in [0.2, 0.25) is 13.2 Å². The van der Waals surface area contributed by atoms with E-state index in [9.17, 15) is 9.36 Å². The highest BCUT2D eigenvalue weighted by atomic mass is 35.5. The van der Waals surface area contributed by atoms with Crippen LogP contribution < -0.4 is 4.74 Å². The standard InChI is InChI=1S/C15H15Cl2O5PS/c1-20-23(2,19)15(13-4-3-7-24-13)22-14(18)9-21-12-6-5-10(16)8-11(12)17/h3-8,15H,9H2,1-2H3. The Morgan fingerprint density at radius 3 is 2.67 bits per heavy atom. The first kappa shape index (κ1) is 19.3. The number of hydrogen-bond donors (Lipinski definition) is 0. The van der Waals surface area contributed by atoms with E-state index in [1.54, 1.807) is 29.6 Å². The summed E-state index contributed by atoms with van der Waals surface area (Å²) < 4.78 is 28.2. The second-order valence-electron chi connectivity index (χ2n) is 4.81. The van der Waals surface area contributed by atoms with E-state index in [2.05, 4.69) is 0 Å². The second kappa shape index (κ2) is 8.37. The fourth-order valence-electron chi connectivity index (χ4n) is 1.80. The molecule has 0 N–H and O–H groups in total. The van der Waals surface area contributed by atoms with Gasteiger partial charge in [-0.3, -0.25) is 4.57 Å². The molecule has 0 bridgehead atoms. The summed E-state index contributed by atoms with van der Waals surface area (Å²) in [6, 6.07) is 8.15. The van der Waals surface area contributed by atoms with Crippen LogP contribution in [0.5, 0.6) is 5.75 Å². The van der Waals surface area contributed by atoms with Crippen LogP contribution in [0.4, 0.5) is 0 Å². The van der Waals surface area contributed by atoms with Crippen LogP contribution in [0, 0.1) is 0 Å². The van der Waals surface area contributed by atoms with Crippen molar-refractivity contribution in [3.63, 3.8) is 0 Å². The molecule has 0 saturated heterocycles. The Morgan fingerprint density at radius 2 is 2.08 bits per heavy atom. The summed E-state index contributed by atoms with van der Waals surface area (Å²) in [5.41, 5.74) is 0. The largest absolute Gasteiger partial charge is 0.480 e. The van der Waals surface area contributed by atoms with Crippen LogP contribution in [0.1, 0.15) is 10.7 Å². The number of benzene rings is 1. The van der Waals surface area contributed by atoms with Gasteiger partial charge in [0, 0.05) is 18.8 Å². The topological polar surface area (TPSA) is 61.8 Å². The van der Waals surface area contributed by atoms with Gasteiger partial charge in [-0.1, -0.05) is 29.3 Å². The molecular formula is C15H15Cl2O5PS. The molecule has 2 rings (SSSR count). The lowest BCUT2D eigenvalue weighted by molar-refractivity contribution is -0.148. The number of carbonyl (C=O) groups excluding carboxylic acids is 1. The van der Waals surface area contributed by atoms with Gasteiger partial charge in [-0.25, -0.2) is 4.79 Å². The van der Waals surface area contributed by atoms with Crippen LogP contribution >= 0.6 is 41.9 Å². The van der Waals surface area contributed by atoms with Crippen LogP contribution in [-0.4, -0.2) is 26.4 Å². The van der Waals surface area contributed by atoms with Gasteiger partial charge in [0.15, 0.2) is 6.61 Å². The zero-order chi connectivity index (χ0) is 17.7. The number of rotatable bonds is 7. The van der Waals surface area contributed by atoms with Gasteiger partial charge in [0.25, 0.3) is 0 Å². The first-order valence-corrected chi connectivity index (χ1v) is 10.5. The molecule has 1 heterocycles. The van der Waals surface area contributed by atoms with E-state index >= 15 is 0 Å². The summed E-state index contributed by atoms with van der Waals surface area (Å²) in [6.07, 6.45) is 0. The van der Waals surface area contributed by atoms with Crippen molar-refractivity contribution in [1.82, 2.24) is 0 Å². The third-order valence-electron chi connectivity index (χ3n) is 3.06. The first-order chi connectivity index (χ1) is 11.3. The number of halogens is 2. The van der Waals surface area contributed by atoms with Crippen molar-refractivity contribution in [3.8, 4) is 5.75 Å². The Balaban J connectivity index is 2.04. The smallest absolute Gasteiger partial charge is 0.345 e. The van der Waals surface area contributed by atoms with E-state index in [4.69, 9.17) is 37.2 Å². The first-order valence-electron chi connectivity index (χ1n) is 6.77. The minimum Gasteiger partial charge on any atom is -0.480 e. The molecule has 0 amide bonds. The van der Waals surface area contributed by atoms with E-state index in [1.165, 1.54) is 31.2 Å². The van der Waals surface area contributed by atoms with Gasteiger partial charge in [-0.15, -0.1) is 11.3 Å². The van der Waals surface area contributed by atoms with Crippen LogP contribution in [-0.2, 0) is 18.6 Å². The predicted octanol–water partition coefficient (Wildman–Crippen LogP) is 5.23. The van der Waals surface area contributed by atoms with Crippen LogP contribution in [0.2, 0.25) is 10.0 Å². The average molecular weight is 409 g/mol. The lowest BCUT2D eigenvalue weighted by atomic mass is 10.3. The fourth-order valence-corrected chi connectivity index (χ4v) is 4.70. The molecule has 0 aliphatic rings. The van der Waals surface area contributed by atoms with E-state index in [-0.39, 0.29) is 11.6 Å². The van der Waals surface area contributed by atoms with Crippen molar-refractivity contribution in [1.29, 1.82) is 0 Å². The zero-order valence-electron chi connectivity index (χ0n) is 12.9. The summed E-state index contributed by atoms with van der Waals surface area (Å²) in [5, 5.41) is 2.54. The molecule has 2 unspecified atom stereocenters. The zero-order valence-corrected chi connectivity index (χ0v) is 16.1. The Bertz CT molecular complexity index is 750. The third-order valence-corrected chi connectivity index (χ3v) is 6.64. The van der Waals surface area contributed by atoms with E-state index in [0.29, 0.717) is 15.6 Å². The van der Waals surface area contributed by atoms with Crippen LogP contribution in [0.3, 0.4) is 0 Å². The van der Waals surface area contributed by atoms with Gasteiger partial charge in [0.1, 0.15) is 5.75 Å². The maximum atomic E-state index is 12.5. The van der Waals surface area contributed by atoms with E-state index in [0.717, 1.165) is 0 Å². The third kappa shape index (κ3) is 4.98. The molecule has 0 aliphatic heterocycles. The molecule has 2 aromatic rings. The molecule has 24 heavy (non-hydrogen) atoms. The van der Waals surface area contributed by atoms with E-state index in [1.807, 2.05) is 0 Å². The molecule has 130 valence electrons. The lowest BCUT2D eigenvalue weighted by Crippen LogP contribution is -2.18. The summed E-state index contributed by atoms with van der Waals surface area (Å²) >= 11 is 13.1. The van der Waals surface area contributed by atoms with Crippen molar-refractivity contribution in [3.05, 3.63) is 50.6 Å². The molecule has 2 atom stereocenters. The highest BCUT2D eigenvalue weighted by Crippen LogP contribution is 2.57. The van der Waals surface area contributed by atoms with E-state index < -0.39 is 19.2 Å². The second-order valence-corrected chi connectivity index (χ2v) is 9.29. The molecular weight excluding hydrogens is 394 g/mol. The molecule has 0 saturated carbocycles. The molecule has 9 heteroatoms. The van der Waals surface area contributed by atoms with Crippen molar-refractivity contribution in [2.45, 2.75) is 5.85 Å². The number of hydrogen-bond acceptors (Lipinski definition) is 6. The van der Waals surface area contributed by atoms with Gasteiger partial charge in [-0.05, 0) is 29.6 Å². The summed E-state index contributed by atoms with van der Waals surface area (Å²) in [5.74, 6) is -1.35. The SMILES string of the molecule is COP(C)(=O)C(OC(=O)COc1ccc(Cl)cc1Cl)c1cccs1. The van der Waals surface area contributed by atoms with Gasteiger partial charge >= 0.3 is 5.97 Å². The lowest BCUT2D eigenvalue weighted by Gasteiger charge is -2.22. The normalized spacial score (nSPS) is 14.7. The highest BCUT2D eigenvalue weighted by molar-refractivity contribution is 7.58. The minimum absolute atomic E-state index is 0.281.